The van der Waals surface area contributed by atoms with Gasteiger partial charge in [0.1, 0.15) is 5.01 Å². The molecule has 2 N–H and O–H groups in total. The molecule has 3 aromatic rings. The van der Waals surface area contributed by atoms with Crippen LogP contribution in [0.4, 0.5) is 5.69 Å². The lowest BCUT2D eigenvalue weighted by Gasteiger charge is -1.99. The minimum absolute atomic E-state index is 0.769. The third-order valence-electron chi connectivity index (χ3n) is 2.54. The summed E-state index contributed by atoms with van der Waals surface area (Å²) in [6.45, 7) is 0. The number of benzene rings is 2. The van der Waals surface area contributed by atoms with Gasteiger partial charge in [-0.3, -0.25) is 0 Å². The van der Waals surface area contributed by atoms with Crippen molar-refractivity contribution < 1.29 is 0 Å². The molecule has 2 nitrogen and oxygen atoms in total. The normalized spacial score (nSPS) is 10.9. The molecule has 17 heavy (non-hydrogen) atoms. The molecule has 1 heterocycles. The van der Waals surface area contributed by atoms with E-state index in [0.717, 1.165) is 30.9 Å². The summed E-state index contributed by atoms with van der Waals surface area (Å²) in [5, 5.41) is 0.969. The lowest BCUT2D eigenvalue weighted by Crippen LogP contribution is -1.87. The lowest BCUT2D eigenvalue weighted by atomic mass is 10.2. The SMILES string of the molecule is Nc1ccccc1-c1nc2ccc(Br)cc2s1. The number of thiazole rings is 1. The molecule has 0 spiro atoms. The number of hydrogen-bond donors (Lipinski definition) is 1. The summed E-state index contributed by atoms with van der Waals surface area (Å²) in [4.78, 5) is 4.60. The maximum absolute atomic E-state index is 5.96. The number of hydrogen-bond acceptors (Lipinski definition) is 3. The average molecular weight is 305 g/mol. The van der Waals surface area contributed by atoms with Gasteiger partial charge >= 0.3 is 0 Å². The van der Waals surface area contributed by atoms with E-state index in [9.17, 15) is 0 Å². The summed E-state index contributed by atoms with van der Waals surface area (Å²) in [6, 6.07) is 13.9. The number of nitrogen functional groups attached to an aromatic ring is 1. The van der Waals surface area contributed by atoms with Crippen molar-refractivity contribution in [1.82, 2.24) is 4.98 Å². The number of nitrogens with two attached hydrogens (primary N) is 1. The van der Waals surface area contributed by atoms with Crippen LogP contribution in [0.2, 0.25) is 0 Å². The molecule has 0 radical (unpaired) electrons. The highest BCUT2D eigenvalue weighted by Crippen LogP contribution is 2.34. The summed E-state index contributed by atoms with van der Waals surface area (Å²) < 4.78 is 2.24. The predicted molar refractivity (Wildman–Crippen MR) is 77.2 cm³/mol. The highest BCUT2D eigenvalue weighted by molar-refractivity contribution is 9.10. The largest absolute Gasteiger partial charge is 0.398 e. The van der Waals surface area contributed by atoms with Gasteiger partial charge in [0, 0.05) is 15.7 Å². The van der Waals surface area contributed by atoms with Gasteiger partial charge in [-0.2, -0.15) is 0 Å². The van der Waals surface area contributed by atoms with E-state index in [-0.39, 0.29) is 0 Å². The summed E-state index contributed by atoms with van der Waals surface area (Å²) >= 11 is 5.12. The standard InChI is InChI=1S/C13H9BrN2S/c14-8-5-6-11-12(7-8)17-13(16-11)9-3-1-2-4-10(9)15/h1-7H,15H2. The van der Waals surface area contributed by atoms with Crippen LogP contribution in [0.25, 0.3) is 20.8 Å². The van der Waals surface area contributed by atoms with Crippen molar-refractivity contribution >= 4 is 43.2 Å². The second kappa shape index (κ2) is 4.13. The van der Waals surface area contributed by atoms with Gasteiger partial charge in [-0.05, 0) is 30.3 Å². The molecule has 0 amide bonds. The van der Waals surface area contributed by atoms with E-state index in [2.05, 4.69) is 27.0 Å². The molecular formula is C13H9BrN2S. The molecule has 0 aliphatic heterocycles. The van der Waals surface area contributed by atoms with Crippen molar-refractivity contribution in [3.63, 3.8) is 0 Å². The molecule has 0 aliphatic carbocycles. The van der Waals surface area contributed by atoms with Crippen molar-refractivity contribution in [2.45, 2.75) is 0 Å². The number of fused-ring (bicyclic) bond motifs is 1. The molecule has 0 unspecified atom stereocenters. The van der Waals surface area contributed by atoms with Crippen LogP contribution in [0.5, 0.6) is 0 Å². The van der Waals surface area contributed by atoms with E-state index in [1.54, 1.807) is 11.3 Å². The Morgan fingerprint density at radius 3 is 2.76 bits per heavy atom. The Balaban J connectivity index is 2.22. The first-order valence-electron chi connectivity index (χ1n) is 5.15. The Morgan fingerprint density at radius 2 is 1.94 bits per heavy atom. The minimum atomic E-state index is 0.769. The van der Waals surface area contributed by atoms with Crippen LogP contribution in [0.1, 0.15) is 0 Å². The van der Waals surface area contributed by atoms with Crippen molar-refractivity contribution in [2.24, 2.45) is 0 Å². The first-order chi connectivity index (χ1) is 8.24. The van der Waals surface area contributed by atoms with E-state index in [0.29, 0.717) is 0 Å². The van der Waals surface area contributed by atoms with E-state index >= 15 is 0 Å². The molecule has 0 saturated carbocycles. The molecule has 0 saturated heterocycles. The molecule has 1 aromatic heterocycles. The van der Waals surface area contributed by atoms with Crippen LogP contribution in [-0.4, -0.2) is 4.98 Å². The van der Waals surface area contributed by atoms with Gasteiger partial charge in [0.25, 0.3) is 0 Å². The number of anilines is 1. The van der Waals surface area contributed by atoms with Crippen LogP contribution in [0, 0.1) is 0 Å². The lowest BCUT2D eigenvalue weighted by molar-refractivity contribution is 1.47. The second-order valence-corrected chi connectivity index (χ2v) is 5.66. The molecule has 0 atom stereocenters. The van der Waals surface area contributed by atoms with Gasteiger partial charge in [0.05, 0.1) is 10.2 Å². The summed E-state index contributed by atoms with van der Waals surface area (Å²) in [7, 11) is 0. The third kappa shape index (κ3) is 1.94. The zero-order valence-electron chi connectivity index (χ0n) is 8.85. The van der Waals surface area contributed by atoms with Gasteiger partial charge in [0.15, 0.2) is 0 Å². The monoisotopic (exact) mass is 304 g/mol. The van der Waals surface area contributed by atoms with Gasteiger partial charge in [-0.1, -0.05) is 28.1 Å². The summed E-state index contributed by atoms with van der Waals surface area (Å²) in [5.41, 5.74) is 8.75. The smallest absolute Gasteiger partial charge is 0.126 e. The fourth-order valence-corrected chi connectivity index (χ4v) is 3.27. The first-order valence-corrected chi connectivity index (χ1v) is 6.76. The van der Waals surface area contributed by atoms with E-state index in [1.165, 1.54) is 0 Å². The quantitative estimate of drug-likeness (QED) is 0.680. The van der Waals surface area contributed by atoms with Crippen LogP contribution >= 0.6 is 27.3 Å². The van der Waals surface area contributed by atoms with Gasteiger partial charge < -0.3 is 5.73 Å². The number of rotatable bonds is 1. The minimum Gasteiger partial charge on any atom is -0.398 e. The fourth-order valence-electron chi connectivity index (χ4n) is 1.71. The Bertz CT molecular complexity index is 691. The summed E-state index contributed by atoms with van der Waals surface area (Å²) in [6.07, 6.45) is 0. The Labute approximate surface area is 111 Å². The van der Waals surface area contributed by atoms with Gasteiger partial charge in [0.2, 0.25) is 0 Å². The highest BCUT2D eigenvalue weighted by Gasteiger charge is 2.08. The fraction of sp³-hybridized carbons (Fsp3) is 0. The van der Waals surface area contributed by atoms with Crippen LogP contribution < -0.4 is 5.73 Å². The van der Waals surface area contributed by atoms with Crippen molar-refractivity contribution in [2.75, 3.05) is 5.73 Å². The van der Waals surface area contributed by atoms with Crippen LogP contribution in [-0.2, 0) is 0 Å². The number of aromatic nitrogens is 1. The van der Waals surface area contributed by atoms with Crippen LogP contribution in [0.15, 0.2) is 46.9 Å². The second-order valence-electron chi connectivity index (χ2n) is 3.72. The molecule has 84 valence electrons. The van der Waals surface area contributed by atoms with Gasteiger partial charge in [-0.15, -0.1) is 11.3 Å². The topological polar surface area (TPSA) is 38.9 Å². The molecule has 4 heteroatoms. The number of halogens is 1. The van der Waals surface area contributed by atoms with Crippen molar-refractivity contribution in [1.29, 1.82) is 0 Å². The summed E-state index contributed by atoms with van der Waals surface area (Å²) in [5.74, 6) is 0. The molecule has 0 fully saturated rings. The van der Waals surface area contributed by atoms with Gasteiger partial charge in [-0.25, -0.2) is 4.98 Å². The maximum Gasteiger partial charge on any atom is 0.126 e. The predicted octanol–water partition coefficient (Wildman–Crippen LogP) is 4.31. The zero-order valence-corrected chi connectivity index (χ0v) is 11.3. The van der Waals surface area contributed by atoms with E-state index in [4.69, 9.17) is 5.73 Å². The van der Waals surface area contributed by atoms with Crippen molar-refractivity contribution in [3.05, 3.63) is 46.9 Å². The third-order valence-corrected chi connectivity index (χ3v) is 4.09. The molecule has 3 rings (SSSR count). The number of nitrogens with zero attached hydrogens (tertiary/aromatic N) is 1. The number of para-hydroxylation sites is 1. The van der Waals surface area contributed by atoms with E-state index in [1.807, 2.05) is 36.4 Å². The Kier molecular flexibility index (Phi) is 2.61. The molecule has 0 aliphatic rings. The molecule has 0 bridgehead atoms. The zero-order chi connectivity index (χ0) is 11.8. The first kappa shape index (κ1) is 10.7. The Hall–Kier alpha value is -1.39. The van der Waals surface area contributed by atoms with Crippen molar-refractivity contribution in [3.8, 4) is 10.6 Å². The molecular weight excluding hydrogens is 296 g/mol. The average Bonchev–Trinajstić information content (AvgIpc) is 2.72. The van der Waals surface area contributed by atoms with Crippen LogP contribution in [0.3, 0.4) is 0 Å². The highest BCUT2D eigenvalue weighted by atomic mass is 79.9. The maximum atomic E-state index is 5.96. The van der Waals surface area contributed by atoms with E-state index < -0.39 is 0 Å². The Morgan fingerprint density at radius 1 is 1.12 bits per heavy atom. The molecule has 2 aromatic carbocycles.